The first-order valence-corrected chi connectivity index (χ1v) is 17.8. The monoisotopic (exact) mass is 602 g/mol. The van der Waals surface area contributed by atoms with E-state index in [4.69, 9.17) is 18.9 Å². The minimum atomic E-state index is -0.293. The molecule has 0 radical (unpaired) electrons. The van der Waals surface area contributed by atoms with Crippen molar-refractivity contribution in [1.82, 2.24) is 0 Å². The number of unbranched alkanes of at least 4 members (excludes halogenated alkanes) is 10. The van der Waals surface area contributed by atoms with Crippen LogP contribution in [-0.4, -0.2) is 25.4 Å². The summed E-state index contributed by atoms with van der Waals surface area (Å²) in [5.74, 6) is 7.58. The molecule has 2 heterocycles. The first-order chi connectivity index (χ1) is 21.6. The van der Waals surface area contributed by atoms with Crippen LogP contribution in [-0.2, 0) is 18.9 Å². The summed E-state index contributed by atoms with van der Waals surface area (Å²) in [6.07, 6.45) is 18.2. The Morgan fingerprint density at radius 1 is 0.523 bits per heavy atom. The normalized spacial score (nSPS) is 25.4. The maximum absolute atomic E-state index is 6.28. The van der Waals surface area contributed by atoms with Crippen molar-refractivity contribution >= 4 is 0 Å². The van der Waals surface area contributed by atoms with Gasteiger partial charge >= 0.3 is 0 Å². The van der Waals surface area contributed by atoms with E-state index in [1.54, 1.807) is 0 Å². The lowest BCUT2D eigenvalue weighted by molar-refractivity contribution is -0.237. The van der Waals surface area contributed by atoms with Crippen LogP contribution in [0.4, 0.5) is 0 Å². The Bertz CT molecular complexity index is 1030. The smallest absolute Gasteiger partial charge is 0.184 e. The minimum Gasteiger partial charge on any atom is -0.348 e. The molecule has 0 saturated carbocycles. The molecule has 44 heavy (non-hydrogen) atoms. The molecule has 4 rings (SSSR count). The Kier molecular flexibility index (Phi) is 15.3. The average Bonchev–Trinajstić information content (AvgIpc) is 3.05. The molecule has 4 nitrogen and oxygen atoms in total. The van der Waals surface area contributed by atoms with Gasteiger partial charge in [0.1, 0.15) is 0 Å². The maximum atomic E-state index is 6.28. The maximum Gasteiger partial charge on any atom is 0.184 e. The summed E-state index contributed by atoms with van der Waals surface area (Å²) in [7, 11) is 0. The van der Waals surface area contributed by atoms with E-state index >= 15 is 0 Å². The molecule has 0 aromatic heterocycles. The van der Waals surface area contributed by atoms with Crippen molar-refractivity contribution in [2.24, 2.45) is 11.8 Å². The van der Waals surface area contributed by atoms with Gasteiger partial charge in [0.05, 0.1) is 25.4 Å². The summed E-state index contributed by atoms with van der Waals surface area (Å²) < 4.78 is 24.8. The second kappa shape index (κ2) is 19.4. The van der Waals surface area contributed by atoms with Crippen LogP contribution in [0.3, 0.4) is 0 Å². The van der Waals surface area contributed by atoms with Crippen LogP contribution < -0.4 is 0 Å². The van der Waals surface area contributed by atoms with Crippen molar-refractivity contribution in [2.45, 2.75) is 142 Å². The lowest BCUT2D eigenvalue weighted by atomic mass is 9.95. The van der Waals surface area contributed by atoms with Gasteiger partial charge in [0.15, 0.2) is 12.6 Å². The Morgan fingerprint density at radius 2 is 0.886 bits per heavy atom. The van der Waals surface area contributed by atoms with Crippen molar-refractivity contribution in [2.75, 3.05) is 13.2 Å². The molecular formula is C40H58O4. The second-order valence-corrected chi connectivity index (χ2v) is 13.1. The first kappa shape index (κ1) is 34.7. The zero-order valence-electron chi connectivity index (χ0n) is 28.0. The SMILES string of the molecule is CCCCCCCC[C@@H]1CO[C@@H](c2ccc(C#Cc3ccc([C@@H]4OC[C@@H](CCCCCCCC)[C@H](C)O4)cc3)cc2)O[C@H]1C. The van der Waals surface area contributed by atoms with Gasteiger partial charge in [0, 0.05) is 34.1 Å². The summed E-state index contributed by atoms with van der Waals surface area (Å²) in [6, 6.07) is 16.6. The molecule has 2 saturated heterocycles. The molecule has 2 aromatic rings. The fraction of sp³-hybridized carbons (Fsp3) is 0.650. The lowest BCUT2D eigenvalue weighted by Crippen LogP contribution is -2.34. The molecule has 6 atom stereocenters. The van der Waals surface area contributed by atoms with Crippen molar-refractivity contribution in [3.05, 3.63) is 70.8 Å². The highest BCUT2D eigenvalue weighted by Gasteiger charge is 2.30. The van der Waals surface area contributed by atoms with Crippen LogP contribution in [0.15, 0.2) is 48.5 Å². The van der Waals surface area contributed by atoms with E-state index in [2.05, 4.69) is 88.1 Å². The van der Waals surface area contributed by atoms with E-state index in [0.717, 1.165) is 35.5 Å². The molecule has 2 fully saturated rings. The van der Waals surface area contributed by atoms with Gasteiger partial charge in [0.25, 0.3) is 0 Å². The van der Waals surface area contributed by atoms with E-state index in [1.165, 1.54) is 89.9 Å². The molecular weight excluding hydrogens is 544 g/mol. The topological polar surface area (TPSA) is 36.9 Å². The van der Waals surface area contributed by atoms with Crippen LogP contribution in [0.2, 0.25) is 0 Å². The van der Waals surface area contributed by atoms with Gasteiger partial charge < -0.3 is 18.9 Å². The Hall–Kier alpha value is -2.16. The predicted octanol–water partition coefficient (Wildman–Crippen LogP) is 10.7. The fourth-order valence-corrected chi connectivity index (χ4v) is 6.33. The lowest BCUT2D eigenvalue weighted by Gasteiger charge is -2.35. The number of ether oxygens (including phenoxy) is 4. The molecule has 0 spiro atoms. The second-order valence-electron chi connectivity index (χ2n) is 13.1. The van der Waals surface area contributed by atoms with Crippen LogP contribution >= 0.6 is 0 Å². The van der Waals surface area contributed by atoms with Crippen LogP contribution in [0.5, 0.6) is 0 Å². The summed E-state index contributed by atoms with van der Waals surface area (Å²) in [5, 5.41) is 0. The number of rotatable bonds is 16. The van der Waals surface area contributed by atoms with Crippen molar-refractivity contribution in [3.8, 4) is 11.8 Å². The molecule has 0 N–H and O–H groups in total. The highest BCUT2D eigenvalue weighted by Crippen LogP contribution is 2.33. The van der Waals surface area contributed by atoms with Gasteiger partial charge in [-0.1, -0.05) is 127 Å². The summed E-state index contributed by atoms with van der Waals surface area (Å²) in [6.45, 7) is 10.5. The average molecular weight is 603 g/mol. The largest absolute Gasteiger partial charge is 0.348 e. The van der Waals surface area contributed by atoms with E-state index in [0.29, 0.717) is 11.8 Å². The van der Waals surface area contributed by atoms with E-state index < -0.39 is 0 Å². The Morgan fingerprint density at radius 3 is 1.25 bits per heavy atom. The molecule has 0 bridgehead atoms. The predicted molar refractivity (Wildman–Crippen MR) is 180 cm³/mol. The molecule has 4 heteroatoms. The third kappa shape index (κ3) is 11.3. The Balaban J connectivity index is 1.18. The Labute approximate surface area is 268 Å². The van der Waals surface area contributed by atoms with Crippen LogP contribution in [0.1, 0.15) is 152 Å². The summed E-state index contributed by atoms with van der Waals surface area (Å²) in [4.78, 5) is 0. The summed E-state index contributed by atoms with van der Waals surface area (Å²) in [5.41, 5.74) is 4.07. The molecule has 0 amide bonds. The highest BCUT2D eigenvalue weighted by atomic mass is 16.7. The molecule has 0 aliphatic carbocycles. The van der Waals surface area contributed by atoms with Gasteiger partial charge in [-0.2, -0.15) is 0 Å². The van der Waals surface area contributed by atoms with Crippen molar-refractivity contribution in [3.63, 3.8) is 0 Å². The molecule has 2 aliphatic heterocycles. The summed E-state index contributed by atoms with van der Waals surface area (Å²) >= 11 is 0. The number of benzene rings is 2. The zero-order valence-corrected chi connectivity index (χ0v) is 28.0. The molecule has 2 aromatic carbocycles. The third-order valence-electron chi connectivity index (χ3n) is 9.50. The standard InChI is InChI=1S/C40H58O4/c1-5-7-9-11-13-15-17-37-29-41-39(43-31(37)3)35-25-21-33(22-26-35)19-20-34-23-27-36(28-24-34)40-42-30-38(32(4)44-40)18-16-14-12-10-8-6-2/h21-28,31-32,37-40H,5-18,29-30H2,1-4H3/t31-,32-,37+,38+,39+,40+/m0/s1. The van der Waals surface area contributed by atoms with Crippen molar-refractivity contribution in [1.29, 1.82) is 0 Å². The third-order valence-corrected chi connectivity index (χ3v) is 9.50. The van der Waals surface area contributed by atoms with Crippen LogP contribution in [0.25, 0.3) is 0 Å². The fourth-order valence-electron chi connectivity index (χ4n) is 6.33. The number of hydrogen-bond acceptors (Lipinski definition) is 4. The van der Waals surface area contributed by atoms with Crippen molar-refractivity contribution < 1.29 is 18.9 Å². The first-order valence-electron chi connectivity index (χ1n) is 17.8. The number of hydrogen-bond donors (Lipinski definition) is 0. The molecule has 0 unspecified atom stereocenters. The van der Waals surface area contributed by atoms with E-state index in [9.17, 15) is 0 Å². The van der Waals surface area contributed by atoms with Gasteiger partial charge in [-0.15, -0.1) is 0 Å². The van der Waals surface area contributed by atoms with E-state index in [-0.39, 0.29) is 24.8 Å². The molecule has 2 aliphatic rings. The van der Waals surface area contributed by atoms with E-state index in [1.807, 2.05) is 0 Å². The van der Waals surface area contributed by atoms with Gasteiger partial charge in [-0.25, -0.2) is 0 Å². The highest BCUT2D eigenvalue weighted by molar-refractivity contribution is 5.44. The zero-order chi connectivity index (χ0) is 31.0. The van der Waals surface area contributed by atoms with Gasteiger partial charge in [-0.3, -0.25) is 0 Å². The van der Waals surface area contributed by atoms with Gasteiger partial charge in [0.2, 0.25) is 0 Å². The minimum absolute atomic E-state index is 0.214. The van der Waals surface area contributed by atoms with Gasteiger partial charge in [-0.05, 0) is 51.0 Å². The molecule has 242 valence electrons. The quantitative estimate of drug-likeness (QED) is 0.141. The van der Waals surface area contributed by atoms with Crippen LogP contribution in [0, 0.1) is 23.7 Å².